The summed E-state index contributed by atoms with van der Waals surface area (Å²) in [4.78, 5) is 21.6. The number of aliphatic hydroxyl groups is 1. The molecule has 0 heterocycles. The van der Waals surface area contributed by atoms with E-state index in [0.29, 0.717) is 11.6 Å². The van der Waals surface area contributed by atoms with E-state index >= 15 is 0 Å². The van der Waals surface area contributed by atoms with Crippen LogP contribution in [0.25, 0.3) is 0 Å². The number of carboxylic acids is 1. The van der Waals surface area contributed by atoms with Gasteiger partial charge in [-0.25, -0.2) is 4.79 Å². The number of carbonyl (C=O) groups excluding carboxylic acids is 1. The number of aromatic hydroxyl groups is 1. The maximum atomic E-state index is 11.3. The first-order valence-corrected chi connectivity index (χ1v) is 5.58. The Morgan fingerprint density at radius 3 is 2.58 bits per heavy atom. The zero-order valence-electron chi connectivity index (χ0n) is 10.3. The molecule has 6 heteroatoms. The van der Waals surface area contributed by atoms with Gasteiger partial charge in [0.15, 0.2) is 0 Å². The summed E-state index contributed by atoms with van der Waals surface area (Å²) in [6, 6.07) is 5.41. The third-order valence-corrected chi connectivity index (χ3v) is 2.43. The molecule has 19 heavy (non-hydrogen) atoms. The lowest BCUT2D eigenvalue weighted by molar-refractivity contribution is -0.131. The summed E-state index contributed by atoms with van der Waals surface area (Å²) in [5.41, 5.74) is 0.454. The lowest BCUT2D eigenvalue weighted by Gasteiger charge is -2.20. The predicted octanol–water partition coefficient (Wildman–Crippen LogP) is 0.571. The number of phenols is 1. The number of phenolic OH excluding ortho intramolecular Hbond substituents is 1. The Morgan fingerprint density at radius 1 is 1.32 bits per heavy atom. The fourth-order valence-electron chi connectivity index (χ4n) is 1.50. The molecule has 102 valence electrons. The highest BCUT2D eigenvalue weighted by Crippen LogP contribution is 2.20. The van der Waals surface area contributed by atoms with Crippen LogP contribution in [0.3, 0.4) is 0 Å². The van der Waals surface area contributed by atoms with E-state index in [9.17, 15) is 19.8 Å². The van der Waals surface area contributed by atoms with Crippen molar-refractivity contribution in [2.75, 3.05) is 0 Å². The van der Waals surface area contributed by atoms with Crippen LogP contribution in [-0.2, 0) is 9.59 Å². The van der Waals surface area contributed by atoms with E-state index in [4.69, 9.17) is 5.11 Å². The molecule has 0 aliphatic heterocycles. The van der Waals surface area contributed by atoms with Crippen molar-refractivity contribution in [1.29, 1.82) is 0 Å². The molecule has 0 radical (unpaired) electrons. The third kappa shape index (κ3) is 4.81. The Kier molecular flexibility index (Phi) is 5.08. The summed E-state index contributed by atoms with van der Waals surface area (Å²) in [6.07, 6.45) is 0.575. The molecule has 0 aliphatic carbocycles. The number of rotatable bonds is 5. The molecule has 0 aliphatic rings. The van der Waals surface area contributed by atoms with Crippen molar-refractivity contribution in [2.24, 2.45) is 0 Å². The van der Waals surface area contributed by atoms with Crippen molar-refractivity contribution in [3.8, 4) is 5.75 Å². The second-order valence-corrected chi connectivity index (χ2v) is 4.01. The lowest BCUT2D eigenvalue weighted by atomic mass is 10.0. The normalized spacial score (nSPS) is 14.0. The van der Waals surface area contributed by atoms with Gasteiger partial charge in [0.25, 0.3) is 0 Å². The van der Waals surface area contributed by atoms with Crippen molar-refractivity contribution in [3.63, 3.8) is 0 Å². The van der Waals surface area contributed by atoms with Crippen LogP contribution in [0.5, 0.6) is 5.75 Å². The van der Waals surface area contributed by atoms with Crippen molar-refractivity contribution >= 4 is 11.9 Å². The average Bonchev–Trinajstić information content (AvgIpc) is 2.35. The minimum Gasteiger partial charge on any atom is -0.508 e. The summed E-state index contributed by atoms with van der Waals surface area (Å²) in [6.45, 7) is 1.57. The topological polar surface area (TPSA) is 107 Å². The number of aliphatic hydroxyl groups excluding tert-OH is 1. The van der Waals surface area contributed by atoms with Gasteiger partial charge >= 0.3 is 5.97 Å². The van der Waals surface area contributed by atoms with Crippen molar-refractivity contribution in [2.45, 2.75) is 19.1 Å². The van der Waals surface area contributed by atoms with Crippen LogP contribution in [0.1, 0.15) is 18.6 Å². The summed E-state index contributed by atoms with van der Waals surface area (Å²) >= 11 is 0. The van der Waals surface area contributed by atoms with Gasteiger partial charge in [-0.3, -0.25) is 4.79 Å². The Hall–Kier alpha value is -2.34. The summed E-state index contributed by atoms with van der Waals surface area (Å²) < 4.78 is 0. The number of aliphatic carboxylic acids is 1. The molecule has 1 aromatic carbocycles. The average molecular weight is 265 g/mol. The SMILES string of the molecule is CC(NC(=O)/C=C/C(=O)O)C(O)c1cccc(O)c1. The van der Waals surface area contributed by atoms with E-state index in [-0.39, 0.29) is 5.75 Å². The van der Waals surface area contributed by atoms with Gasteiger partial charge in [0.05, 0.1) is 12.1 Å². The van der Waals surface area contributed by atoms with Gasteiger partial charge in [0, 0.05) is 12.2 Å². The molecule has 4 N–H and O–H groups in total. The predicted molar refractivity (Wildman–Crippen MR) is 67.4 cm³/mol. The zero-order chi connectivity index (χ0) is 14.4. The minimum absolute atomic E-state index is 0.0147. The molecule has 0 saturated carbocycles. The molecule has 0 fully saturated rings. The monoisotopic (exact) mass is 265 g/mol. The summed E-state index contributed by atoms with van der Waals surface area (Å²) in [5.74, 6) is -1.83. The number of amides is 1. The van der Waals surface area contributed by atoms with E-state index in [2.05, 4.69) is 5.32 Å². The number of hydrogen-bond acceptors (Lipinski definition) is 4. The highest BCUT2D eigenvalue weighted by Gasteiger charge is 2.17. The van der Waals surface area contributed by atoms with Gasteiger partial charge < -0.3 is 20.6 Å². The van der Waals surface area contributed by atoms with Gasteiger partial charge in [-0.2, -0.15) is 0 Å². The van der Waals surface area contributed by atoms with E-state index in [0.717, 1.165) is 6.08 Å². The molecule has 6 nitrogen and oxygen atoms in total. The van der Waals surface area contributed by atoms with Crippen LogP contribution in [0, 0.1) is 0 Å². The highest BCUT2D eigenvalue weighted by atomic mass is 16.4. The van der Waals surface area contributed by atoms with E-state index in [1.807, 2.05) is 0 Å². The second kappa shape index (κ2) is 6.55. The number of benzene rings is 1. The van der Waals surface area contributed by atoms with Crippen LogP contribution >= 0.6 is 0 Å². The molecular weight excluding hydrogens is 250 g/mol. The van der Waals surface area contributed by atoms with E-state index < -0.39 is 24.0 Å². The van der Waals surface area contributed by atoms with Crippen molar-refractivity contribution in [3.05, 3.63) is 42.0 Å². The van der Waals surface area contributed by atoms with E-state index in [1.54, 1.807) is 19.1 Å². The lowest BCUT2D eigenvalue weighted by Crippen LogP contribution is -2.36. The molecule has 1 amide bonds. The Bertz CT molecular complexity index is 498. The molecule has 0 saturated heterocycles. The van der Waals surface area contributed by atoms with Crippen LogP contribution < -0.4 is 5.32 Å². The molecule has 0 spiro atoms. The van der Waals surface area contributed by atoms with Gasteiger partial charge in [-0.15, -0.1) is 0 Å². The minimum atomic E-state index is -1.23. The van der Waals surface area contributed by atoms with Crippen LogP contribution in [-0.4, -0.2) is 33.2 Å². The van der Waals surface area contributed by atoms with Crippen molar-refractivity contribution < 1.29 is 24.9 Å². The van der Waals surface area contributed by atoms with Crippen LogP contribution in [0.2, 0.25) is 0 Å². The van der Waals surface area contributed by atoms with Crippen molar-refractivity contribution in [1.82, 2.24) is 5.32 Å². The fraction of sp³-hybridized carbons (Fsp3) is 0.231. The first-order valence-electron chi connectivity index (χ1n) is 5.58. The largest absolute Gasteiger partial charge is 0.508 e. The Morgan fingerprint density at radius 2 is 2.00 bits per heavy atom. The number of nitrogens with one attached hydrogen (secondary N) is 1. The molecule has 0 aromatic heterocycles. The number of carboxylic acid groups (broad SMARTS) is 1. The van der Waals surface area contributed by atoms with Gasteiger partial charge in [0.2, 0.25) is 5.91 Å². The quantitative estimate of drug-likeness (QED) is 0.582. The smallest absolute Gasteiger partial charge is 0.328 e. The molecule has 1 aromatic rings. The van der Waals surface area contributed by atoms with Gasteiger partial charge in [-0.1, -0.05) is 12.1 Å². The number of hydrogen-bond donors (Lipinski definition) is 4. The van der Waals surface area contributed by atoms with Gasteiger partial charge in [0.1, 0.15) is 5.75 Å². The maximum Gasteiger partial charge on any atom is 0.328 e. The highest BCUT2D eigenvalue weighted by molar-refractivity contribution is 5.94. The molecule has 2 unspecified atom stereocenters. The fourth-order valence-corrected chi connectivity index (χ4v) is 1.50. The molecule has 1 rings (SSSR count). The van der Waals surface area contributed by atoms with E-state index in [1.165, 1.54) is 12.1 Å². The van der Waals surface area contributed by atoms with Crippen LogP contribution in [0.15, 0.2) is 36.4 Å². The zero-order valence-corrected chi connectivity index (χ0v) is 10.3. The standard InChI is InChI=1S/C13H15NO5/c1-8(14-11(16)5-6-12(17)18)13(19)9-3-2-4-10(15)7-9/h2-8,13,15,19H,1H3,(H,14,16)(H,17,18)/b6-5+. The first-order chi connectivity index (χ1) is 8.90. The van der Waals surface area contributed by atoms with Gasteiger partial charge in [-0.05, 0) is 24.6 Å². The third-order valence-electron chi connectivity index (χ3n) is 2.43. The summed E-state index contributed by atoms with van der Waals surface area (Å²) in [5, 5.41) is 30.1. The molecular formula is C13H15NO5. The molecule has 0 bridgehead atoms. The number of carbonyl (C=O) groups is 2. The first kappa shape index (κ1) is 14.7. The Balaban J connectivity index is 2.65. The van der Waals surface area contributed by atoms with Crippen LogP contribution in [0.4, 0.5) is 0 Å². The Labute approximate surface area is 110 Å². The maximum absolute atomic E-state index is 11.3. The second-order valence-electron chi connectivity index (χ2n) is 4.01. The summed E-state index contributed by atoms with van der Waals surface area (Å²) in [7, 11) is 0. The molecule has 2 atom stereocenters.